The van der Waals surface area contributed by atoms with Gasteiger partial charge in [-0.05, 0) is 25.0 Å². The van der Waals surface area contributed by atoms with Crippen LogP contribution in [-0.4, -0.2) is 14.5 Å². The Hall–Kier alpha value is -1.72. The van der Waals surface area contributed by atoms with E-state index in [2.05, 4.69) is 9.97 Å². The molecule has 0 bridgehead atoms. The number of hydrogen-bond acceptors (Lipinski definition) is 4. The van der Waals surface area contributed by atoms with E-state index in [-0.39, 0.29) is 5.56 Å². The van der Waals surface area contributed by atoms with Gasteiger partial charge in [-0.2, -0.15) is 0 Å². The third-order valence-corrected chi connectivity index (χ3v) is 4.94. The molecule has 0 fully saturated rings. The van der Waals surface area contributed by atoms with Gasteiger partial charge in [0.25, 0.3) is 5.56 Å². The minimum absolute atomic E-state index is 0.0146. The molecule has 2 aromatic heterocycles. The van der Waals surface area contributed by atoms with Gasteiger partial charge in [-0.15, -0.1) is 0 Å². The Balaban J connectivity index is 1.94. The second-order valence-corrected chi connectivity index (χ2v) is 6.54. The van der Waals surface area contributed by atoms with Gasteiger partial charge in [-0.1, -0.05) is 35.1 Å². The molecule has 3 aromatic rings. The fraction of sp³-hybridized carbons (Fsp3) is 0.267. The zero-order valence-electron chi connectivity index (χ0n) is 11.2. The molecule has 3 heterocycles. The third-order valence-electron chi connectivity index (χ3n) is 3.70. The Morgan fingerprint density at radius 2 is 2.14 bits per heavy atom. The van der Waals surface area contributed by atoms with E-state index < -0.39 is 0 Å². The zero-order chi connectivity index (χ0) is 14.4. The molecule has 1 aliphatic heterocycles. The molecular formula is C15H12ClN3OS. The van der Waals surface area contributed by atoms with Crippen LogP contribution in [0.5, 0.6) is 0 Å². The molecule has 0 radical (unpaired) electrons. The lowest BCUT2D eigenvalue weighted by Gasteiger charge is -2.16. The Morgan fingerprint density at radius 1 is 1.24 bits per heavy atom. The van der Waals surface area contributed by atoms with E-state index in [1.165, 1.54) is 11.3 Å². The number of rotatable bonds is 1. The number of fused-ring (bicyclic) bond motifs is 2. The maximum atomic E-state index is 12.5. The van der Waals surface area contributed by atoms with E-state index in [1.54, 1.807) is 4.57 Å². The minimum atomic E-state index is -0.0146. The van der Waals surface area contributed by atoms with Crippen LogP contribution in [0.1, 0.15) is 18.7 Å². The summed E-state index contributed by atoms with van der Waals surface area (Å²) in [5.41, 5.74) is 1.38. The van der Waals surface area contributed by atoms with Crippen LogP contribution in [0.4, 0.5) is 0 Å². The second kappa shape index (κ2) is 4.93. The topological polar surface area (TPSA) is 47.8 Å². The fourth-order valence-corrected chi connectivity index (χ4v) is 3.81. The molecule has 21 heavy (non-hydrogen) atoms. The van der Waals surface area contributed by atoms with Crippen molar-refractivity contribution >= 4 is 33.3 Å². The van der Waals surface area contributed by atoms with Crippen LogP contribution >= 0.6 is 22.9 Å². The molecule has 0 amide bonds. The van der Waals surface area contributed by atoms with Gasteiger partial charge in [0.2, 0.25) is 0 Å². The van der Waals surface area contributed by atoms with Crippen LogP contribution in [0.25, 0.3) is 20.9 Å². The van der Waals surface area contributed by atoms with Crippen LogP contribution in [0.15, 0.2) is 29.1 Å². The quantitative estimate of drug-likeness (QED) is 0.690. The van der Waals surface area contributed by atoms with Crippen LogP contribution in [-0.2, 0) is 13.0 Å². The average molecular weight is 318 g/mol. The molecule has 0 atom stereocenters. The first-order valence-electron chi connectivity index (χ1n) is 6.88. The van der Waals surface area contributed by atoms with Crippen LogP contribution < -0.4 is 5.56 Å². The Morgan fingerprint density at radius 3 is 3.00 bits per heavy atom. The summed E-state index contributed by atoms with van der Waals surface area (Å²) in [6.45, 7) is 0.751. The molecule has 0 saturated heterocycles. The standard InChI is InChI=1S/C15H12ClN3OS/c16-10-5-3-4-9(8-10)13-18-12-14(21-13)17-11-6-1-2-7-19(11)15(12)20/h3-5,8H,1-2,6-7H2. The molecule has 0 N–H and O–H groups in total. The molecule has 6 heteroatoms. The molecule has 0 unspecified atom stereocenters. The molecule has 0 spiro atoms. The van der Waals surface area contributed by atoms with E-state index >= 15 is 0 Å². The molecule has 0 aliphatic carbocycles. The normalized spacial score (nSPS) is 14.3. The highest BCUT2D eigenvalue weighted by Crippen LogP contribution is 2.29. The molecule has 1 aromatic carbocycles. The number of thiazole rings is 1. The molecule has 0 saturated carbocycles. The summed E-state index contributed by atoms with van der Waals surface area (Å²) in [6.07, 6.45) is 3.00. The number of benzene rings is 1. The number of aryl methyl sites for hydroxylation is 1. The number of aromatic nitrogens is 3. The van der Waals surface area contributed by atoms with Crippen molar-refractivity contribution in [2.24, 2.45) is 0 Å². The summed E-state index contributed by atoms with van der Waals surface area (Å²) in [7, 11) is 0. The highest BCUT2D eigenvalue weighted by Gasteiger charge is 2.18. The fourth-order valence-electron chi connectivity index (χ4n) is 2.67. The highest BCUT2D eigenvalue weighted by atomic mass is 35.5. The van der Waals surface area contributed by atoms with Gasteiger partial charge in [0.1, 0.15) is 10.8 Å². The molecule has 4 rings (SSSR count). The summed E-state index contributed by atoms with van der Waals surface area (Å²) in [5.74, 6) is 0.889. The van der Waals surface area contributed by atoms with E-state index in [4.69, 9.17) is 11.6 Å². The van der Waals surface area contributed by atoms with E-state index in [0.717, 1.165) is 47.0 Å². The summed E-state index contributed by atoms with van der Waals surface area (Å²) >= 11 is 7.48. The van der Waals surface area contributed by atoms with E-state index in [9.17, 15) is 4.79 Å². The summed E-state index contributed by atoms with van der Waals surface area (Å²) in [4.78, 5) is 22.4. The minimum Gasteiger partial charge on any atom is -0.295 e. The van der Waals surface area contributed by atoms with Gasteiger partial charge in [0, 0.05) is 23.6 Å². The highest BCUT2D eigenvalue weighted by molar-refractivity contribution is 7.21. The van der Waals surface area contributed by atoms with Crippen molar-refractivity contribution in [3.8, 4) is 10.6 Å². The van der Waals surface area contributed by atoms with Crippen molar-refractivity contribution < 1.29 is 0 Å². The largest absolute Gasteiger partial charge is 0.295 e. The monoisotopic (exact) mass is 317 g/mol. The van der Waals surface area contributed by atoms with Gasteiger partial charge >= 0.3 is 0 Å². The zero-order valence-corrected chi connectivity index (χ0v) is 12.7. The van der Waals surface area contributed by atoms with Crippen LogP contribution in [0, 0.1) is 0 Å². The summed E-state index contributed by atoms with van der Waals surface area (Å²) in [5, 5.41) is 1.45. The second-order valence-electron chi connectivity index (χ2n) is 5.13. The smallest absolute Gasteiger partial charge is 0.280 e. The molecule has 4 nitrogen and oxygen atoms in total. The lowest BCUT2D eigenvalue weighted by atomic mass is 10.1. The number of halogens is 1. The lowest BCUT2D eigenvalue weighted by Crippen LogP contribution is -2.28. The first-order chi connectivity index (χ1) is 10.2. The van der Waals surface area contributed by atoms with Gasteiger partial charge in [0.05, 0.1) is 0 Å². The predicted octanol–water partition coefficient (Wildman–Crippen LogP) is 3.51. The summed E-state index contributed by atoms with van der Waals surface area (Å²) in [6, 6.07) is 7.51. The Labute approximate surface area is 130 Å². The molecule has 1 aliphatic rings. The van der Waals surface area contributed by atoms with Crippen molar-refractivity contribution in [2.45, 2.75) is 25.8 Å². The van der Waals surface area contributed by atoms with Gasteiger partial charge in [0.15, 0.2) is 10.3 Å². The molecular weight excluding hydrogens is 306 g/mol. The first-order valence-corrected chi connectivity index (χ1v) is 8.08. The summed E-state index contributed by atoms with van der Waals surface area (Å²) < 4.78 is 1.77. The third kappa shape index (κ3) is 2.17. The Bertz CT molecular complexity index is 900. The lowest BCUT2D eigenvalue weighted by molar-refractivity contribution is 0.501. The first kappa shape index (κ1) is 13.0. The number of nitrogens with zero attached hydrogens (tertiary/aromatic N) is 3. The van der Waals surface area contributed by atoms with E-state index in [0.29, 0.717) is 10.5 Å². The Kier molecular flexibility index (Phi) is 3.05. The van der Waals surface area contributed by atoms with Crippen molar-refractivity contribution in [3.63, 3.8) is 0 Å². The SMILES string of the molecule is O=c1c2nc(-c3cccc(Cl)c3)sc2nc2n1CCCC2. The number of hydrogen-bond donors (Lipinski definition) is 0. The maximum Gasteiger partial charge on any atom is 0.280 e. The predicted molar refractivity (Wildman–Crippen MR) is 85.1 cm³/mol. The average Bonchev–Trinajstić information content (AvgIpc) is 2.92. The van der Waals surface area contributed by atoms with E-state index in [1.807, 2.05) is 24.3 Å². The van der Waals surface area contributed by atoms with Gasteiger partial charge < -0.3 is 0 Å². The maximum absolute atomic E-state index is 12.5. The van der Waals surface area contributed by atoms with Gasteiger partial charge in [-0.25, -0.2) is 9.97 Å². The van der Waals surface area contributed by atoms with Gasteiger partial charge in [-0.3, -0.25) is 9.36 Å². The van der Waals surface area contributed by atoms with Crippen molar-refractivity contribution in [1.29, 1.82) is 0 Å². The molecule has 106 valence electrons. The van der Waals surface area contributed by atoms with Crippen molar-refractivity contribution in [2.75, 3.05) is 0 Å². The van der Waals surface area contributed by atoms with Crippen LogP contribution in [0.3, 0.4) is 0 Å². The van der Waals surface area contributed by atoms with Crippen molar-refractivity contribution in [3.05, 3.63) is 45.5 Å². The van der Waals surface area contributed by atoms with Crippen LogP contribution in [0.2, 0.25) is 5.02 Å². The van der Waals surface area contributed by atoms with Crippen molar-refractivity contribution in [1.82, 2.24) is 14.5 Å².